The van der Waals surface area contributed by atoms with Crippen molar-refractivity contribution >= 4 is 41.0 Å². The van der Waals surface area contributed by atoms with Crippen LogP contribution in [0.15, 0.2) is 35.3 Å². The van der Waals surface area contributed by atoms with Crippen LogP contribution in [0.4, 0.5) is 10.1 Å². The molecule has 1 aromatic heterocycles. The number of pyridine rings is 1. The molecular formula is C29H31Cl2FN4O3. The third-order valence-electron chi connectivity index (χ3n) is 6.55. The van der Waals surface area contributed by atoms with Gasteiger partial charge >= 0.3 is 0 Å². The number of nitrogen functional groups attached to an aromatic ring is 1. The van der Waals surface area contributed by atoms with Crippen molar-refractivity contribution < 1.29 is 18.7 Å². The second-order valence-corrected chi connectivity index (χ2v) is 10.2. The molecule has 1 amide bonds. The predicted octanol–water partition coefficient (Wildman–Crippen LogP) is 6.22. The van der Waals surface area contributed by atoms with Crippen LogP contribution >= 0.6 is 23.2 Å². The van der Waals surface area contributed by atoms with Crippen LogP contribution in [0.2, 0.25) is 10.0 Å². The first kappa shape index (κ1) is 28.8. The molecule has 3 aromatic rings. The van der Waals surface area contributed by atoms with Gasteiger partial charge in [-0.25, -0.2) is 4.39 Å². The molecule has 0 saturated carbocycles. The zero-order valence-corrected chi connectivity index (χ0v) is 23.6. The Morgan fingerprint density at radius 1 is 1.33 bits per heavy atom. The zero-order chi connectivity index (χ0) is 28.1. The number of carbonyl (C=O) groups excluding carboxylic acids is 1. The highest BCUT2D eigenvalue weighted by Gasteiger charge is 2.25. The Kier molecular flexibility index (Phi) is 9.43. The Balaban J connectivity index is 1.58. The van der Waals surface area contributed by atoms with Crippen molar-refractivity contribution in [3.63, 3.8) is 0 Å². The first-order valence-electron chi connectivity index (χ1n) is 12.7. The van der Waals surface area contributed by atoms with Gasteiger partial charge in [0.15, 0.2) is 5.82 Å². The van der Waals surface area contributed by atoms with E-state index in [0.717, 1.165) is 23.2 Å². The lowest BCUT2D eigenvalue weighted by Gasteiger charge is -2.26. The van der Waals surface area contributed by atoms with Crippen LogP contribution in [0.3, 0.4) is 0 Å². The van der Waals surface area contributed by atoms with Crippen LogP contribution < -0.4 is 15.8 Å². The SMILES string of the molecule is CCCN=Cc1cc(C(=O)NCCc2cc3c(c(-c4ccc(Cl)c(F)c4Cl)n2)COCC3C)cc(OC)c1N. The number of anilines is 1. The van der Waals surface area contributed by atoms with Crippen LogP contribution in [-0.4, -0.2) is 43.9 Å². The molecule has 7 nitrogen and oxygen atoms in total. The number of nitrogens with zero attached hydrogens (tertiary/aromatic N) is 2. The van der Waals surface area contributed by atoms with Crippen LogP contribution in [0.5, 0.6) is 5.75 Å². The number of halogens is 3. The fourth-order valence-corrected chi connectivity index (χ4v) is 4.94. The maximum absolute atomic E-state index is 14.5. The van der Waals surface area contributed by atoms with Gasteiger partial charge in [-0.15, -0.1) is 0 Å². The number of ether oxygens (including phenoxy) is 2. The average Bonchev–Trinajstić information content (AvgIpc) is 2.93. The summed E-state index contributed by atoms with van der Waals surface area (Å²) in [5.74, 6) is -0.437. The number of rotatable bonds is 9. The second kappa shape index (κ2) is 12.8. The molecule has 1 aliphatic heterocycles. The fraction of sp³-hybridized carbons (Fsp3) is 0.345. The van der Waals surface area contributed by atoms with Crippen molar-refractivity contribution in [1.29, 1.82) is 0 Å². The quantitative estimate of drug-likeness (QED) is 0.180. The zero-order valence-electron chi connectivity index (χ0n) is 22.1. The number of carbonyl (C=O) groups is 1. The molecule has 2 heterocycles. The number of nitrogens with two attached hydrogens (primary N) is 1. The van der Waals surface area contributed by atoms with E-state index in [1.807, 2.05) is 13.0 Å². The van der Waals surface area contributed by atoms with Crippen LogP contribution in [0, 0.1) is 5.82 Å². The summed E-state index contributed by atoms with van der Waals surface area (Å²) in [4.78, 5) is 22.2. The van der Waals surface area contributed by atoms with Crippen molar-refractivity contribution in [1.82, 2.24) is 10.3 Å². The molecule has 0 bridgehead atoms. The van der Waals surface area contributed by atoms with Gasteiger partial charge in [0.05, 0.1) is 41.8 Å². The Bertz CT molecular complexity index is 1410. The van der Waals surface area contributed by atoms with E-state index in [1.54, 1.807) is 24.4 Å². The van der Waals surface area contributed by atoms with Gasteiger partial charge in [-0.1, -0.05) is 37.0 Å². The van der Waals surface area contributed by atoms with Gasteiger partial charge in [0.25, 0.3) is 5.91 Å². The number of aromatic nitrogens is 1. The molecule has 0 aliphatic carbocycles. The molecule has 2 aromatic carbocycles. The standard InChI is InChI=1S/C29H31Cl2FN4O3/c1-4-8-34-13-18-10-17(11-24(38-3)27(18)33)29(37)35-9-7-19-12-21-16(2)14-39-15-22(21)28(36-19)20-5-6-23(30)26(32)25(20)31/h5-6,10-13,16H,4,7-9,14-15,33H2,1-3H3,(H,35,37). The molecule has 3 N–H and O–H groups in total. The van der Waals surface area contributed by atoms with Crippen molar-refractivity contribution in [3.05, 3.63) is 74.1 Å². The normalized spacial score (nSPS) is 14.9. The van der Waals surface area contributed by atoms with E-state index in [0.29, 0.717) is 66.5 Å². The summed E-state index contributed by atoms with van der Waals surface area (Å²) in [6, 6.07) is 8.45. The Hall–Kier alpha value is -3.20. The molecule has 206 valence electrons. The topological polar surface area (TPSA) is 98.8 Å². The van der Waals surface area contributed by atoms with Crippen LogP contribution in [0.1, 0.15) is 58.9 Å². The molecule has 0 radical (unpaired) electrons. The van der Waals surface area contributed by atoms with Gasteiger partial charge in [0.1, 0.15) is 5.75 Å². The molecule has 4 rings (SSSR count). The summed E-state index contributed by atoms with van der Waals surface area (Å²) in [7, 11) is 1.50. The minimum absolute atomic E-state index is 0.0554. The third kappa shape index (κ3) is 6.35. The number of fused-ring (bicyclic) bond motifs is 1. The van der Waals surface area contributed by atoms with Gasteiger partial charge < -0.3 is 20.5 Å². The largest absolute Gasteiger partial charge is 0.495 e. The minimum Gasteiger partial charge on any atom is -0.495 e. The van der Waals surface area contributed by atoms with E-state index in [-0.39, 0.29) is 21.9 Å². The van der Waals surface area contributed by atoms with E-state index in [1.165, 1.54) is 13.2 Å². The number of hydrogen-bond donors (Lipinski definition) is 2. The lowest BCUT2D eigenvalue weighted by atomic mass is 9.90. The number of nitrogens with one attached hydrogen (secondary N) is 1. The Morgan fingerprint density at radius 2 is 2.13 bits per heavy atom. The first-order chi connectivity index (χ1) is 18.7. The summed E-state index contributed by atoms with van der Waals surface area (Å²) in [5, 5.41) is 2.80. The maximum Gasteiger partial charge on any atom is 0.251 e. The maximum atomic E-state index is 14.5. The molecule has 0 fully saturated rings. The van der Waals surface area contributed by atoms with Gasteiger partial charge in [0, 0.05) is 59.6 Å². The van der Waals surface area contributed by atoms with E-state index < -0.39 is 5.82 Å². The summed E-state index contributed by atoms with van der Waals surface area (Å²) in [6.07, 6.45) is 3.01. The summed E-state index contributed by atoms with van der Waals surface area (Å²) < 4.78 is 25.7. The van der Waals surface area contributed by atoms with Gasteiger partial charge in [0.2, 0.25) is 0 Å². The highest BCUT2D eigenvalue weighted by atomic mass is 35.5. The first-order valence-corrected chi connectivity index (χ1v) is 13.5. The van der Waals surface area contributed by atoms with Crippen molar-refractivity contribution in [2.24, 2.45) is 4.99 Å². The highest BCUT2D eigenvalue weighted by molar-refractivity contribution is 6.36. The monoisotopic (exact) mass is 572 g/mol. The van der Waals surface area contributed by atoms with E-state index in [9.17, 15) is 9.18 Å². The molecule has 0 spiro atoms. The van der Waals surface area contributed by atoms with E-state index in [2.05, 4.69) is 17.2 Å². The van der Waals surface area contributed by atoms with Gasteiger partial charge in [-0.2, -0.15) is 0 Å². The van der Waals surface area contributed by atoms with Gasteiger partial charge in [-0.3, -0.25) is 14.8 Å². The summed E-state index contributed by atoms with van der Waals surface area (Å²) >= 11 is 12.3. The van der Waals surface area contributed by atoms with Crippen molar-refractivity contribution in [3.8, 4) is 17.0 Å². The molecule has 0 saturated heterocycles. The Morgan fingerprint density at radius 3 is 2.87 bits per heavy atom. The average molecular weight is 573 g/mol. The number of amides is 1. The van der Waals surface area contributed by atoms with Crippen molar-refractivity contribution in [2.45, 2.75) is 39.2 Å². The number of aliphatic imine (C=N–C) groups is 1. The molecule has 39 heavy (non-hydrogen) atoms. The van der Waals surface area contributed by atoms with Crippen LogP contribution in [0.25, 0.3) is 11.3 Å². The smallest absolute Gasteiger partial charge is 0.251 e. The Labute approximate surface area is 237 Å². The van der Waals surface area contributed by atoms with Gasteiger partial charge in [-0.05, 0) is 42.3 Å². The molecular weight excluding hydrogens is 542 g/mol. The molecule has 10 heteroatoms. The lowest BCUT2D eigenvalue weighted by molar-refractivity contribution is 0.0951. The molecule has 1 unspecified atom stereocenters. The second-order valence-electron chi connectivity index (χ2n) is 9.39. The van der Waals surface area contributed by atoms with E-state index >= 15 is 0 Å². The third-order valence-corrected chi connectivity index (χ3v) is 7.21. The number of hydrogen-bond acceptors (Lipinski definition) is 6. The van der Waals surface area contributed by atoms with E-state index in [4.69, 9.17) is 43.4 Å². The highest BCUT2D eigenvalue weighted by Crippen LogP contribution is 2.39. The summed E-state index contributed by atoms with van der Waals surface area (Å²) in [6.45, 7) is 5.99. The number of benzene rings is 2. The van der Waals surface area contributed by atoms with Crippen LogP contribution in [-0.2, 0) is 17.8 Å². The summed E-state index contributed by atoms with van der Waals surface area (Å²) in [5.41, 5.74) is 11.3. The fourth-order valence-electron chi connectivity index (χ4n) is 4.48. The predicted molar refractivity (Wildman–Crippen MR) is 154 cm³/mol. The minimum atomic E-state index is -0.688. The lowest BCUT2D eigenvalue weighted by Crippen LogP contribution is -2.26. The number of methoxy groups -OCH3 is 1. The molecule has 1 atom stereocenters. The molecule has 1 aliphatic rings. The van der Waals surface area contributed by atoms with Crippen molar-refractivity contribution in [2.75, 3.05) is 32.5 Å².